The number of thiophene rings is 1. The third kappa shape index (κ3) is 3.10. The highest BCUT2D eigenvalue weighted by Gasteiger charge is 2.36. The van der Waals surface area contributed by atoms with Crippen molar-refractivity contribution in [3.05, 3.63) is 21.9 Å². The van der Waals surface area contributed by atoms with E-state index in [9.17, 15) is 0 Å². The predicted octanol–water partition coefficient (Wildman–Crippen LogP) is 3.52. The maximum absolute atomic E-state index is 3.48. The lowest BCUT2D eigenvalue weighted by Crippen LogP contribution is -2.47. The molecule has 1 aromatic rings. The van der Waals surface area contributed by atoms with Crippen molar-refractivity contribution in [1.82, 2.24) is 10.2 Å². The first-order valence-electron chi connectivity index (χ1n) is 8.13. The third-order valence-corrected chi connectivity index (χ3v) is 6.21. The Balaban J connectivity index is 1.68. The van der Waals surface area contributed by atoms with E-state index < -0.39 is 0 Å². The van der Waals surface area contributed by atoms with Gasteiger partial charge in [-0.15, -0.1) is 11.3 Å². The van der Waals surface area contributed by atoms with Crippen LogP contribution in [0.3, 0.4) is 0 Å². The highest BCUT2D eigenvalue weighted by atomic mass is 32.1. The van der Waals surface area contributed by atoms with Gasteiger partial charge in [-0.05, 0) is 54.7 Å². The molecule has 0 bridgehead atoms. The summed E-state index contributed by atoms with van der Waals surface area (Å²) in [6.45, 7) is 7.35. The Morgan fingerprint density at radius 3 is 3.20 bits per heavy atom. The zero-order valence-corrected chi connectivity index (χ0v) is 13.8. The summed E-state index contributed by atoms with van der Waals surface area (Å²) in [6, 6.07) is 2.33. The molecule has 20 heavy (non-hydrogen) atoms. The van der Waals surface area contributed by atoms with E-state index in [0.29, 0.717) is 5.41 Å². The fraction of sp³-hybridized carbons (Fsp3) is 0.765. The van der Waals surface area contributed by atoms with Gasteiger partial charge in [-0.25, -0.2) is 0 Å². The molecule has 3 heteroatoms. The van der Waals surface area contributed by atoms with Gasteiger partial charge in [-0.2, -0.15) is 0 Å². The molecule has 0 amide bonds. The van der Waals surface area contributed by atoms with Crippen LogP contribution in [0.5, 0.6) is 0 Å². The Hall–Kier alpha value is -0.380. The van der Waals surface area contributed by atoms with E-state index in [1.165, 1.54) is 58.3 Å². The van der Waals surface area contributed by atoms with Gasteiger partial charge in [-0.1, -0.05) is 19.8 Å². The first-order chi connectivity index (χ1) is 9.71. The predicted molar refractivity (Wildman–Crippen MR) is 87.3 cm³/mol. The highest BCUT2D eigenvalue weighted by Crippen LogP contribution is 2.40. The SMILES string of the molecule is CNCC1(CN2CCc3sccc3C2)CCCC(C)C1. The Morgan fingerprint density at radius 2 is 2.40 bits per heavy atom. The molecule has 0 saturated heterocycles. The van der Waals surface area contributed by atoms with Crippen LogP contribution in [0.4, 0.5) is 0 Å². The van der Waals surface area contributed by atoms with Crippen LogP contribution in [0.1, 0.15) is 43.0 Å². The quantitative estimate of drug-likeness (QED) is 0.913. The minimum atomic E-state index is 0.514. The standard InChI is InChI=1S/C17H28N2S/c1-14-4-3-7-17(10-14,12-18-2)13-19-8-5-16-15(11-19)6-9-20-16/h6,9,14,18H,3-5,7-8,10-13H2,1-2H3. The largest absolute Gasteiger partial charge is 0.319 e. The second-order valence-electron chi connectivity index (χ2n) is 7.06. The van der Waals surface area contributed by atoms with Crippen molar-refractivity contribution in [3.63, 3.8) is 0 Å². The van der Waals surface area contributed by atoms with Crippen molar-refractivity contribution in [2.24, 2.45) is 11.3 Å². The van der Waals surface area contributed by atoms with Crippen LogP contribution in [0.2, 0.25) is 0 Å². The van der Waals surface area contributed by atoms with Crippen LogP contribution in [0.15, 0.2) is 11.4 Å². The molecule has 2 aliphatic rings. The Morgan fingerprint density at radius 1 is 1.50 bits per heavy atom. The summed E-state index contributed by atoms with van der Waals surface area (Å²) in [6.07, 6.45) is 6.92. The van der Waals surface area contributed by atoms with E-state index in [1.54, 1.807) is 10.4 Å². The summed E-state index contributed by atoms with van der Waals surface area (Å²) in [5.74, 6) is 0.901. The molecule has 1 N–H and O–H groups in total. The van der Waals surface area contributed by atoms with Gasteiger partial charge in [0.15, 0.2) is 0 Å². The van der Waals surface area contributed by atoms with E-state index in [0.717, 1.165) is 5.92 Å². The van der Waals surface area contributed by atoms with E-state index in [2.05, 4.69) is 35.6 Å². The monoisotopic (exact) mass is 292 g/mol. The average Bonchev–Trinajstić information content (AvgIpc) is 2.86. The molecule has 0 spiro atoms. The number of hydrogen-bond donors (Lipinski definition) is 1. The minimum Gasteiger partial charge on any atom is -0.319 e. The van der Waals surface area contributed by atoms with Crippen molar-refractivity contribution < 1.29 is 0 Å². The number of rotatable bonds is 4. The molecule has 2 nitrogen and oxygen atoms in total. The third-order valence-electron chi connectivity index (χ3n) is 5.18. The molecule has 2 heterocycles. The normalized spacial score (nSPS) is 31.2. The maximum atomic E-state index is 3.48. The average molecular weight is 292 g/mol. The molecule has 1 saturated carbocycles. The molecule has 2 unspecified atom stereocenters. The lowest BCUT2D eigenvalue weighted by Gasteiger charge is -2.44. The lowest BCUT2D eigenvalue weighted by atomic mass is 9.69. The molecule has 1 aliphatic heterocycles. The number of fused-ring (bicyclic) bond motifs is 1. The molecule has 3 rings (SSSR count). The summed E-state index contributed by atoms with van der Waals surface area (Å²) in [7, 11) is 2.12. The first kappa shape index (κ1) is 14.6. The van der Waals surface area contributed by atoms with E-state index >= 15 is 0 Å². The molecule has 2 atom stereocenters. The van der Waals surface area contributed by atoms with Crippen LogP contribution in [-0.2, 0) is 13.0 Å². The van der Waals surface area contributed by atoms with Gasteiger partial charge < -0.3 is 5.32 Å². The first-order valence-corrected chi connectivity index (χ1v) is 9.01. The minimum absolute atomic E-state index is 0.514. The summed E-state index contributed by atoms with van der Waals surface area (Å²) >= 11 is 1.94. The van der Waals surface area contributed by atoms with Crippen LogP contribution in [0, 0.1) is 11.3 Å². The molecule has 0 aromatic carbocycles. The fourth-order valence-electron chi connectivity index (χ4n) is 4.42. The Labute approximate surface area is 127 Å². The Kier molecular flexibility index (Phi) is 4.49. The molecule has 1 aliphatic carbocycles. The van der Waals surface area contributed by atoms with Crippen molar-refractivity contribution >= 4 is 11.3 Å². The Bertz CT molecular complexity index is 438. The molecule has 1 aromatic heterocycles. The van der Waals surface area contributed by atoms with Crippen molar-refractivity contribution in [1.29, 1.82) is 0 Å². The number of nitrogens with zero attached hydrogens (tertiary/aromatic N) is 1. The summed E-state index contributed by atoms with van der Waals surface area (Å²) < 4.78 is 0. The van der Waals surface area contributed by atoms with Gasteiger partial charge in [-0.3, -0.25) is 4.90 Å². The van der Waals surface area contributed by atoms with Gasteiger partial charge in [0.05, 0.1) is 0 Å². The molecular formula is C17H28N2S. The van der Waals surface area contributed by atoms with Crippen molar-refractivity contribution in [3.8, 4) is 0 Å². The van der Waals surface area contributed by atoms with E-state index in [4.69, 9.17) is 0 Å². The molecule has 1 fully saturated rings. The molecule has 0 radical (unpaired) electrons. The summed E-state index contributed by atoms with van der Waals surface area (Å²) in [5, 5.41) is 5.74. The topological polar surface area (TPSA) is 15.3 Å². The van der Waals surface area contributed by atoms with Crippen LogP contribution < -0.4 is 5.32 Å². The zero-order chi connectivity index (χ0) is 14.0. The van der Waals surface area contributed by atoms with E-state index in [1.807, 2.05) is 11.3 Å². The second kappa shape index (κ2) is 6.17. The zero-order valence-electron chi connectivity index (χ0n) is 13.0. The highest BCUT2D eigenvalue weighted by molar-refractivity contribution is 7.10. The van der Waals surface area contributed by atoms with Gasteiger partial charge in [0, 0.05) is 31.1 Å². The van der Waals surface area contributed by atoms with Gasteiger partial charge in [0.25, 0.3) is 0 Å². The second-order valence-corrected chi connectivity index (χ2v) is 8.06. The van der Waals surface area contributed by atoms with E-state index in [-0.39, 0.29) is 0 Å². The van der Waals surface area contributed by atoms with Crippen LogP contribution in [0.25, 0.3) is 0 Å². The van der Waals surface area contributed by atoms with Crippen molar-refractivity contribution in [2.45, 2.75) is 45.6 Å². The van der Waals surface area contributed by atoms with Crippen LogP contribution in [-0.4, -0.2) is 31.6 Å². The van der Waals surface area contributed by atoms with Crippen molar-refractivity contribution in [2.75, 3.05) is 26.7 Å². The van der Waals surface area contributed by atoms with Gasteiger partial charge in [0.2, 0.25) is 0 Å². The van der Waals surface area contributed by atoms with Crippen LogP contribution >= 0.6 is 11.3 Å². The fourth-order valence-corrected chi connectivity index (χ4v) is 5.31. The molecule has 112 valence electrons. The number of hydrogen-bond acceptors (Lipinski definition) is 3. The summed E-state index contributed by atoms with van der Waals surface area (Å²) in [5.41, 5.74) is 2.10. The maximum Gasteiger partial charge on any atom is 0.0245 e. The van der Waals surface area contributed by atoms with Gasteiger partial charge >= 0.3 is 0 Å². The molecular weight excluding hydrogens is 264 g/mol. The summed E-state index contributed by atoms with van der Waals surface area (Å²) in [4.78, 5) is 4.34. The van der Waals surface area contributed by atoms with Gasteiger partial charge in [0.1, 0.15) is 0 Å². The number of nitrogens with one attached hydrogen (secondary N) is 1. The smallest absolute Gasteiger partial charge is 0.0245 e. The lowest BCUT2D eigenvalue weighted by molar-refractivity contribution is 0.0756.